The molecule has 11 nitrogen and oxygen atoms in total. The van der Waals surface area contributed by atoms with Gasteiger partial charge in [-0.1, -0.05) is 73.4 Å². The van der Waals surface area contributed by atoms with Crippen molar-refractivity contribution in [2.24, 2.45) is 23.7 Å². The number of amides is 2. The van der Waals surface area contributed by atoms with Gasteiger partial charge in [0.05, 0.1) is 30.1 Å². The summed E-state index contributed by atoms with van der Waals surface area (Å²) >= 11 is 15.1. The SMILES string of the molecule is CC(C)[C@H](CC(=O)O)C(=O)N(C)c1nc(-c2ccccc2Cl)cs1.CN(C(=O)C(CC(=O)O)CC1CCOCC1)c1nc(-c2ccccc2Cl)cs1. The van der Waals surface area contributed by atoms with Gasteiger partial charge in [0.15, 0.2) is 10.3 Å². The largest absolute Gasteiger partial charge is 0.481 e. The van der Waals surface area contributed by atoms with Gasteiger partial charge in [-0.2, -0.15) is 0 Å². The van der Waals surface area contributed by atoms with Crippen LogP contribution in [0, 0.1) is 23.7 Å². The molecular formula is C37H42Cl2N4O7S2. The third-order valence-electron chi connectivity index (χ3n) is 8.76. The predicted molar refractivity (Wildman–Crippen MR) is 206 cm³/mol. The number of benzene rings is 2. The molecule has 52 heavy (non-hydrogen) atoms. The van der Waals surface area contributed by atoms with Crippen LogP contribution in [0.1, 0.15) is 46.0 Å². The number of ether oxygens (including phenoxy) is 1. The zero-order valence-corrected chi connectivity index (χ0v) is 32.5. The summed E-state index contributed by atoms with van der Waals surface area (Å²) in [5.41, 5.74) is 2.99. The molecule has 2 amide bonds. The lowest BCUT2D eigenvalue weighted by Gasteiger charge is -2.27. The van der Waals surface area contributed by atoms with Gasteiger partial charge in [0.1, 0.15) is 0 Å². The molecule has 0 radical (unpaired) electrons. The molecule has 1 aliphatic heterocycles. The lowest BCUT2D eigenvalue weighted by atomic mass is 9.86. The Labute approximate surface area is 321 Å². The van der Waals surface area contributed by atoms with Gasteiger partial charge < -0.3 is 14.9 Å². The van der Waals surface area contributed by atoms with E-state index < -0.39 is 23.8 Å². The first-order valence-electron chi connectivity index (χ1n) is 16.7. The average molecular weight is 790 g/mol. The predicted octanol–water partition coefficient (Wildman–Crippen LogP) is 8.51. The van der Waals surface area contributed by atoms with Crippen LogP contribution in [0.3, 0.4) is 0 Å². The molecule has 1 fully saturated rings. The number of thiazole rings is 2. The van der Waals surface area contributed by atoms with Gasteiger partial charge in [-0.05, 0) is 43.2 Å². The van der Waals surface area contributed by atoms with E-state index in [0.29, 0.717) is 57.2 Å². The van der Waals surface area contributed by atoms with E-state index in [1.807, 2.05) is 61.0 Å². The summed E-state index contributed by atoms with van der Waals surface area (Å²) < 4.78 is 5.36. The number of aromatic nitrogens is 2. The molecule has 1 saturated heterocycles. The van der Waals surface area contributed by atoms with E-state index in [-0.39, 0.29) is 30.6 Å². The normalized spacial score (nSPS) is 14.2. The molecule has 15 heteroatoms. The molecule has 5 rings (SSSR count). The summed E-state index contributed by atoms with van der Waals surface area (Å²) in [6.07, 6.45) is 1.91. The van der Waals surface area contributed by atoms with Crippen molar-refractivity contribution in [3.8, 4) is 22.5 Å². The lowest BCUT2D eigenvalue weighted by Crippen LogP contribution is -2.36. The molecule has 0 spiro atoms. The van der Waals surface area contributed by atoms with Gasteiger partial charge in [-0.3, -0.25) is 29.0 Å². The number of hydrogen-bond donors (Lipinski definition) is 2. The van der Waals surface area contributed by atoms with Gasteiger partial charge in [0, 0.05) is 65.2 Å². The Morgan fingerprint density at radius 3 is 1.69 bits per heavy atom. The van der Waals surface area contributed by atoms with Crippen molar-refractivity contribution in [1.82, 2.24) is 9.97 Å². The summed E-state index contributed by atoms with van der Waals surface area (Å²) in [5.74, 6) is -3.31. The third-order valence-corrected chi connectivity index (χ3v) is 11.3. The molecule has 2 N–H and O–H groups in total. The Morgan fingerprint density at radius 2 is 1.25 bits per heavy atom. The maximum Gasteiger partial charge on any atom is 0.304 e. The topological polar surface area (TPSA) is 150 Å². The highest BCUT2D eigenvalue weighted by atomic mass is 35.5. The van der Waals surface area contributed by atoms with Gasteiger partial charge in [-0.15, -0.1) is 22.7 Å². The zero-order chi connectivity index (χ0) is 37.9. The van der Waals surface area contributed by atoms with Crippen LogP contribution in [0.4, 0.5) is 10.3 Å². The summed E-state index contributed by atoms with van der Waals surface area (Å²) in [4.78, 5) is 59.9. The Balaban J connectivity index is 0.000000236. The molecular weight excluding hydrogens is 747 g/mol. The van der Waals surface area contributed by atoms with Crippen LogP contribution < -0.4 is 9.80 Å². The molecule has 1 unspecified atom stereocenters. The molecule has 2 aromatic heterocycles. The van der Waals surface area contributed by atoms with Crippen LogP contribution in [0.2, 0.25) is 10.0 Å². The van der Waals surface area contributed by atoms with E-state index in [9.17, 15) is 24.3 Å². The third kappa shape index (κ3) is 11.1. The number of nitrogens with zero attached hydrogens (tertiary/aromatic N) is 4. The fourth-order valence-corrected chi connectivity index (χ4v) is 7.85. The minimum Gasteiger partial charge on any atom is -0.481 e. The van der Waals surface area contributed by atoms with E-state index in [1.165, 1.54) is 32.5 Å². The monoisotopic (exact) mass is 788 g/mol. The summed E-state index contributed by atoms with van der Waals surface area (Å²) in [6.45, 7) is 5.02. The Hall–Kier alpha value is -3.88. The first kappa shape index (κ1) is 40.9. The summed E-state index contributed by atoms with van der Waals surface area (Å²) in [5, 5.41) is 24.2. The Morgan fingerprint density at radius 1 is 0.788 bits per heavy atom. The number of aliphatic carboxylic acids is 2. The summed E-state index contributed by atoms with van der Waals surface area (Å²) in [6, 6.07) is 14.8. The molecule has 4 aromatic rings. The van der Waals surface area contributed by atoms with Crippen LogP contribution in [-0.2, 0) is 23.9 Å². The second kappa shape index (κ2) is 19.3. The second-order valence-corrected chi connectivity index (χ2v) is 15.3. The van der Waals surface area contributed by atoms with E-state index in [4.69, 9.17) is 33.0 Å². The maximum atomic E-state index is 13.0. The Bertz CT molecular complexity index is 1840. The van der Waals surface area contributed by atoms with Crippen molar-refractivity contribution in [3.05, 3.63) is 69.3 Å². The lowest BCUT2D eigenvalue weighted by molar-refractivity contribution is -0.141. The number of hydrogen-bond acceptors (Lipinski definition) is 9. The molecule has 0 bridgehead atoms. The van der Waals surface area contributed by atoms with Crippen LogP contribution in [0.15, 0.2) is 59.3 Å². The number of carboxylic acids is 2. The van der Waals surface area contributed by atoms with Gasteiger partial charge in [0.25, 0.3) is 0 Å². The van der Waals surface area contributed by atoms with Crippen LogP contribution in [-0.4, -0.2) is 71.2 Å². The van der Waals surface area contributed by atoms with E-state index in [0.717, 1.165) is 24.0 Å². The van der Waals surface area contributed by atoms with Gasteiger partial charge in [-0.25, -0.2) is 9.97 Å². The zero-order valence-electron chi connectivity index (χ0n) is 29.3. The Kier molecular flexibility index (Phi) is 15.2. The van der Waals surface area contributed by atoms with Gasteiger partial charge >= 0.3 is 11.9 Å². The standard InChI is InChI=1S/C20H23ClN2O4S.C17H19ClN2O3S/c1-23(20-22-17(12-28-20)15-4-2-3-5-16(15)21)19(26)14(11-18(24)25)10-13-6-8-27-9-7-13;1-10(2)12(8-15(21)22)16(23)20(3)17-19-14(9-24-17)11-6-4-5-7-13(11)18/h2-5,12-14H,6-11H2,1H3,(H,24,25);4-7,9-10,12H,8H2,1-3H3,(H,21,22)/t;12-/m.0/s1. The first-order valence-corrected chi connectivity index (χ1v) is 19.3. The fourth-order valence-electron chi connectivity index (χ4n) is 5.80. The highest BCUT2D eigenvalue weighted by Gasteiger charge is 2.31. The van der Waals surface area contributed by atoms with Crippen molar-refractivity contribution in [1.29, 1.82) is 0 Å². The second-order valence-electron chi connectivity index (χ2n) is 12.8. The van der Waals surface area contributed by atoms with Crippen LogP contribution in [0.5, 0.6) is 0 Å². The molecule has 2 atom stereocenters. The minimum absolute atomic E-state index is 0.0703. The number of carbonyl (C=O) groups is 4. The molecule has 3 heterocycles. The maximum absolute atomic E-state index is 13.0. The molecule has 0 aliphatic carbocycles. The molecule has 2 aromatic carbocycles. The fraction of sp³-hybridized carbons (Fsp3) is 0.405. The van der Waals surface area contributed by atoms with Crippen molar-refractivity contribution < 1.29 is 34.1 Å². The number of rotatable bonds is 13. The number of carbonyl (C=O) groups excluding carboxylic acids is 2. The first-order chi connectivity index (χ1) is 24.8. The van der Waals surface area contributed by atoms with E-state index in [1.54, 1.807) is 26.2 Å². The number of halogens is 2. The van der Waals surface area contributed by atoms with Crippen molar-refractivity contribution in [2.75, 3.05) is 37.1 Å². The van der Waals surface area contributed by atoms with Crippen molar-refractivity contribution in [3.63, 3.8) is 0 Å². The highest BCUT2D eigenvalue weighted by molar-refractivity contribution is 7.14. The van der Waals surface area contributed by atoms with Crippen LogP contribution >= 0.6 is 45.9 Å². The minimum atomic E-state index is -0.980. The van der Waals surface area contributed by atoms with Crippen LogP contribution in [0.25, 0.3) is 22.5 Å². The highest BCUT2D eigenvalue weighted by Crippen LogP contribution is 2.34. The average Bonchev–Trinajstić information content (AvgIpc) is 3.81. The quantitative estimate of drug-likeness (QED) is 0.136. The summed E-state index contributed by atoms with van der Waals surface area (Å²) in [7, 11) is 3.27. The van der Waals surface area contributed by atoms with E-state index >= 15 is 0 Å². The number of anilines is 2. The molecule has 1 aliphatic rings. The van der Waals surface area contributed by atoms with Crippen molar-refractivity contribution in [2.45, 2.75) is 46.0 Å². The number of carboxylic acid groups (broad SMARTS) is 2. The molecule has 278 valence electrons. The van der Waals surface area contributed by atoms with Crippen molar-refractivity contribution >= 4 is 79.9 Å². The smallest absolute Gasteiger partial charge is 0.304 e. The molecule has 0 saturated carbocycles. The van der Waals surface area contributed by atoms with E-state index in [2.05, 4.69) is 9.97 Å². The van der Waals surface area contributed by atoms with Gasteiger partial charge in [0.2, 0.25) is 11.8 Å².